The van der Waals surface area contributed by atoms with Crippen molar-refractivity contribution in [3.63, 3.8) is 0 Å². The fourth-order valence-electron chi connectivity index (χ4n) is 1.64. The molecule has 2 aromatic heterocycles. The Morgan fingerprint density at radius 2 is 1.89 bits per heavy atom. The standard InChI is InChI=1S/C12H19N5S2/c1-7(2)10-11(19-17-15-10)12-16-14-9(18-12)5-6-13-8(3)4/h7-8,13H,5-6H2,1-4H3. The second-order valence-corrected chi connectivity index (χ2v) is 6.82. The Hall–Kier alpha value is -0.920. The van der Waals surface area contributed by atoms with Crippen molar-refractivity contribution in [2.45, 2.75) is 46.1 Å². The third-order valence-electron chi connectivity index (χ3n) is 2.61. The van der Waals surface area contributed by atoms with E-state index in [2.05, 4.69) is 52.8 Å². The molecule has 0 amide bonds. The van der Waals surface area contributed by atoms with E-state index in [1.165, 1.54) is 11.5 Å². The molecule has 0 saturated heterocycles. The van der Waals surface area contributed by atoms with E-state index in [1.54, 1.807) is 11.3 Å². The minimum Gasteiger partial charge on any atom is -0.314 e. The fourth-order valence-corrected chi connectivity index (χ4v) is 3.36. The van der Waals surface area contributed by atoms with E-state index in [1.807, 2.05) is 0 Å². The van der Waals surface area contributed by atoms with Gasteiger partial charge >= 0.3 is 0 Å². The zero-order valence-electron chi connectivity index (χ0n) is 11.7. The maximum absolute atomic E-state index is 4.27. The van der Waals surface area contributed by atoms with Crippen LogP contribution in [0.2, 0.25) is 0 Å². The lowest BCUT2D eigenvalue weighted by atomic mass is 10.1. The van der Waals surface area contributed by atoms with Crippen molar-refractivity contribution in [1.82, 2.24) is 25.1 Å². The lowest BCUT2D eigenvalue weighted by molar-refractivity contribution is 0.588. The van der Waals surface area contributed by atoms with Crippen LogP contribution in [-0.2, 0) is 6.42 Å². The molecule has 0 saturated carbocycles. The van der Waals surface area contributed by atoms with Crippen LogP contribution in [0.1, 0.15) is 44.3 Å². The van der Waals surface area contributed by atoms with Gasteiger partial charge in [-0.15, -0.1) is 15.3 Å². The molecule has 5 nitrogen and oxygen atoms in total. The summed E-state index contributed by atoms with van der Waals surface area (Å²) in [5, 5.41) is 18.1. The molecule has 0 bridgehead atoms. The monoisotopic (exact) mass is 297 g/mol. The van der Waals surface area contributed by atoms with E-state index in [0.717, 1.165) is 33.6 Å². The summed E-state index contributed by atoms with van der Waals surface area (Å²) in [6, 6.07) is 0.505. The first-order valence-electron chi connectivity index (χ1n) is 6.46. The van der Waals surface area contributed by atoms with Crippen molar-refractivity contribution < 1.29 is 0 Å². The molecule has 0 atom stereocenters. The second-order valence-electron chi connectivity index (χ2n) is 5.00. The van der Waals surface area contributed by atoms with E-state index in [0.29, 0.717) is 12.0 Å². The molecule has 2 rings (SSSR count). The van der Waals surface area contributed by atoms with Crippen molar-refractivity contribution in [2.24, 2.45) is 0 Å². The molecular formula is C12H19N5S2. The Morgan fingerprint density at radius 3 is 2.58 bits per heavy atom. The van der Waals surface area contributed by atoms with Gasteiger partial charge < -0.3 is 5.32 Å². The summed E-state index contributed by atoms with van der Waals surface area (Å²) in [6.45, 7) is 9.46. The van der Waals surface area contributed by atoms with Crippen LogP contribution < -0.4 is 5.32 Å². The normalized spacial score (nSPS) is 11.7. The van der Waals surface area contributed by atoms with Crippen LogP contribution in [0.4, 0.5) is 0 Å². The molecule has 0 fully saturated rings. The number of hydrogen-bond acceptors (Lipinski definition) is 7. The predicted octanol–water partition coefficient (Wildman–Crippen LogP) is 2.72. The molecule has 0 aliphatic rings. The summed E-state index contributed by atoms with van der Waals surface area (Å²) in [5.74, 6) is 0.365. The second kappa shape index (κ2) is 6.49. The van der Waals surface area contributed by atoms with Crippen LogP contribution in [0.15, 0.2) is 0 Å². The third kappa shape index (κ3) is 3.77. The number of nitrogens with zero attached hydrogens (tertiary/aromatic N) is 4. The highest BCUT2D eigenvalue weighted by atomic mass is 32.1. The van der Waals surface area contributed by atoms with Gasteiger partial charge in [0, 0.05) is 19.0 Å². The molecule has 0 radical (unpaired) electrons. The maximum Gasteiger partial charge on any atom is 0.161 e. The highest BCUT2D eigenvalue weighted by Gasteiger charge is 2.17. The third-order valence-corrected chi connectivity index (χ3v) is 4.49. The van der Waals surface area contributed by atoms with E-state index in [4.69, 9.17) is 0 Å². The van der Waals surface area contributed by atoms with Crippen LogP contribution in [0.5, 0.6) is 0 Å². The topological polar surface area (TPSA) is 63.6 Å². The highest BCUT2D eigenvalue weighted by molar-refractivity contribution is 7.19. The fraction of sp³-hybridized carbons (Fsp3) is 0.667. The molecule has 19 heavy (non-hydrogen) atoms. The van der Waals surface area contributed by atoms with Crippen molar-refractivity contribution >= 4 is 22.9 Å². The molecule has 0 spiro atoms. The lowest BCUT2D eigenvalue weighted by Gasteiger charge is -2.05. The largest absolute Gasteiger partial charge is 0.314 e. The molecule has 0 aromatic carbocycles. The molecule has 2 aromatic rings. The van der Waals surface area contributed by atoms with Gasteiger partial charge in [0.2, 0.25) is 0 Å². The highest BCUT2D eigenvalue weighted by Crippen LogP contribution is 2.32. The van der Waals surface area contributed by atoms with Crippen molar-refractivity contribution in [3.05, 3.63) is 10.7 Å². The number of aromatic nitrogens is 4. The van der Waals surface area contributed by atoms with E-state index in [-0.39, 0.29) is 0 Å². The van der Waals surface area contributed by atoms with E-state index < -0.39 is 0 Å². The number of rotatable bonds is 6. The Kier molecular flexibility index (Phi) is 4.95. The van der Waals surface area contributed by atoms with Gasteiger partial charge in [-0.3, -0.25) is 0 Å². The van der Waals surface area contributed by atoms with Gasteiger partial charge in [-0.1, -0.05) is 43.5 Å². The summed E-state index contributed by atoms with van der Waals surface area (Å²) in [6.07, 6.45) is 0.916. The smallest absolute Gasteiger partial charge is 0.161 e. The Bertz CT molecular complexity index is 518. The van der Waals surface area contributed by atoms with E-state index >= 15 is 0 Å². The van der Waals surface area contributed by atoms with Gasteiger partial charge in [-0.2, -0.15) is 0 Å². The summed E-state index contributed by atoms with van der Waals surface area (Å²) in [5.41, 5.74) is 1.02. The lowest BCUT2D eigenvalue weighted by Crippen LogP contribution is -2.24. The molecular weight excluding hydrogens is 278 g/mol. The Balaban J connectivity index is 2.06. The van der Waals surface area contributed by atoms with Crippen LogP contribution in [0.25, 0.3) is 9.88 Å². The summed E-state index contributed by atoms with van der Waals surface area (Å²) >= 11 is 3.05. The average Bonchev–Trinajstić information content (AvgIpc) is 2.95. The molecule has 1 N–H and O–H groups in total. The average molecular weight is 297 g/mol. The first-order valence-corrected chi connectivity index (χ1v) is 8.05. The first-order chi connectivity index (χ1) is 9.08. The number of nitrogens with one attached hydrogen (secondary N) is 1. The van der Waals surface area contributed by atoms with Crippen molar-refractivity contribution in [1.29, 1.82) is 0 Å². The van der Waals surface area contributed by atoms with Crippen LogP contribution in [0.3, 0.4) is 0 Å². The van der Waals surface area contributed by atoms with Gasteiger partial charge in [0.05, 0.1) is 5.69 Å². The van der Waals surface area contributed by atoms with Gasteiger partial charge in [-0.25, -0.2) is 0 Å². The predicted molar refractivity (Wildman–Crippen MR) is 79.7 cm³/mol. The minimum atomic E-state index is 0.365. The number of hydrogen-bond donors (Lipinski definition) is 1. The summed E-state index contributed by atoms with van der Waals surface area (Å²) in [4.78, 5) is 1.07. The molecule has 0 unspecified atom stereocenters. The molecule has 7 heteroatoms. The first kappa shape index (κ1) is 14.5. The van der Waals surface area contributed by atoms with Crippen molar-refractivity contribution in [2.75, 3.05) is 6.54 Å². The van der Waals surface area contributed by atoms with Crippen LogP contribution in [-0.4, -0.2) is 32.4 Å². The quantitative estimate of drug-likeness (QED) is 0.888. The SMILES string of the molecule is CC(C)NCCc1nnc(-c2snnc2C(C)C)s1. The Morgan fingerprint density at radius 1 is 1.11 bits per heavy atom. The molecule has 0 aliphatic carbocycles. The summed E-state index contributed by atoms with van der Waals surface area (Å²) < 4.78 is 4.03. The zero-order valence-corrected chi connectivity index (χ0v) is 13.3. The molecule has 2 heterocycles. The van der Waals surface area contributed by atoms with Gasteiger partial charge in [0.25, 0.3) is 0 Å². The van der Waals surface area contributed by atoms with Crippen molar-refractivity contribution in [3.8, 4) is 9.88 Å². The van der Waals surface area contributed by atoms with E-state index in [9.17, 15) is 0 Å². The molecule has 104 valence electrons. The summed E-state index contributed by atoms with van der Waals surface area (Å²) in [7, 11) is 0. The Labute approximate surface area is 121 Å². The van der Waals surface area contributed by atoms with Gasteiger partial charge in [0.15, 0.2) is 5.01 Å². The minimum absolute atomic E-state index is 0.365. The van der Waals surface area contributed by atoms with Gasteiger partial charge in [0.1, 0.15) is 9.88 Å². The maximum atomic E-state index is 4.27. The molecule has 0 aliphatic heterocycles. The van der Waals surface area contributed by atoms with Gasteiger partial charge in [-0.05, 0) is 17.5 Å². The van der Waals surface area contributed by atoms with Crippen LogP contribution >= 0.6 is 22.9 Å². The zero-order chi connectivity index (χ0) is 13.8. The van der Waals surface area contributed by atoms with Crippen LogP contribution in [0, 0.1) is 0 Å².